The third-order valence-electron chi connectivity index (χ3n) is 2.23. The number of rotatable bonds is 2. The van der Waals surface area contributed by atoms with Gasteiger partial charge in [0, 0.05) is 26.4 Å². The highest BCUT2D eigenvalue weighted by Crippen LogP contribution is 2.29. The highest BCUT2D eigenvalue weighted by molar-refractivity contribution is 5.00. The van der Waals surface area contributed by atoms with Crippen LogP contribution >= 0.6 is 0 Å². The normalized spacial score (nSPS) is 22.2. The Hall–Kier alpha value is -0.480. The van der Waals surface area contributed by atoms with Crippen LogP contribution in [0.5, 0.6) is 0 Å². The molecule has 1 saturated heterocycles. The Balaban J connectivity index is 0.000000810. The van der Waals surface area contributed by atoms with Crippen molar-refractivity contribution in [1.82, 2.24) is 5.32 Å². The standard InChI is InChI=1S/C8H13N.H2/c1-3-5-8(4-2)6-9-7-8;/h1,9H,4-7H2,2H3;1H. The molecule has 0 amide bonds. The Bertz CT molecular complexity index is 127. The zero-order valence-electron chi connectivity index (χ0n) is 5.91. The van der Waals surface area contributed by atoms with Crippen molar-refractivity contribution in [3.05, 3.63) is 0 Å². The minimum absolute atomic E-state index is 0. The molecule has 0 aliphatic carbocycles. The van der Waals surface area contributed by atoms with Crippen molar-refractivity contribution in [3.8, 4) is 12.3 Å². The molecular formula is C8H15N. The van der Waals surface area contributed by atoms with Crippen molar-refractivity contribution in [2.75, 3.05) is 13.1 Å². The average Bonchev–Trinajstić information content (AvgIpc) is 1.79. The molecule has 1 heterocycles. The summed E-state index contributed by atoms with van der Waals surface area (Å²) in [6.07, 6.45) is 7.38. The lowest BCUT2D eigenvalue weighted by Crippen LogP contribution is -2.52. The molecule has 0 bridgehead atoms. The van der Waals surface area contributed by atoms with E-state index in [0.29, 0.717) is 5.41 Å². The fourth-order valence-corrected chi connectivity index (χ4v) is 1.20. The van der Waals surface area contributed by atoms with Crippen LogP contribution in [0.1, 0.15) is 21.2 Å². The number of hydrogen-bond acceptors (Lipinski definition) is 1. The van der Waals surface area contributed by atoms with Crippen LogP contribution in [0.15, 0.2) is 0 Å². The van der Waals surface area contributed by atoms with E-state index in [4.69, 9.17) is 6.42 Å². The van der Waals surface area contributed by atoms with Gasteiger partial charge in [0.1, 0.15) is 0 Å². The smallest absolute Gasteiger partial charge is 0.0167 e. The van der Waals surface area contributed by atoms with E-state index >= 15 is 0 Å². The first-order valence-corrected chi connectivity index (χ1v) is 3.47. The van der Waals surface area contributed by atoms with Crippen molar-refractivity contribution in [2.45, 2.75) is 19.8 Å². The Kier molecular flexibility index (Phi) is 1.78. The molecule has 9 heavy (non-hydrogen) atoms. The SMILES string of the molecule is C#CCC1(CC)CNC1.[HH]. The van der Waals surface area contributed by atoms with E-state index in [0.717, 1.165) is 19.5 Å². The summed E-state index contributed by atoms with van der Waals surface area (Å²) < 4.78 is 0. The summed E-state index contributed by atoms with van der Waals surface area (Å²) in [6.45, 7) is 4.44. The number of hydrogen-bond donors (Lipinski definition) is 1. The second-order valence-electron chi connectivity index (χ2n) is 2.84. The topological polar surface area (TPSA) is 12.0 Å². The van der Waals surface area contributed by atoms with Crippen LogP contribution in [0.4, 0.5) is 0 Å². The number of nitrogens with one attached hydrogen (secondary N) is 1. The van der Waals surface area contributed by atoms with Gasteiger partial charge in [0.25, 0.3) is 0 Å². The van der Waals surface area contributed by atoms with Gasteiger partial charge in [-0.15, -0.1) is 12.3 Å². The highest BCUT2D eigenvalue weighted by Gasteiger charge is 2.33. The molecule has 0 aromatic heterocycles. The fraction of sp³-hybridized carbons (Fsp3) is 0.750. The lowest BCUT2D eigenvalue weighted by atomic mass is 9.77. The highest BCUT2D eigenvalue weighted by atomic mass is 15.0. The molecule has 0 atom stereocenters. The maximum Gasteiger partial charge on any atom is 0.0167 e. The largest absolute Gasteiger partial charge is 0.315 e. The van der Waals surface area contributed by atoms with Crippen molar-refractivity contribution >= 4 is 0 Å². The zero-order chi connectivity index (χ0) is 6.74. The first-order valence-electron chi connectivity index (χ1n) is 3.47. The predicted octanol–water partition coefficient (Wildman–Crippen LogP) is 1.26. The fourth-order valence-electron chi connectivity index (χ4n) is 1.20. The molecule has 1 nitrogen and oxygen atoms in total. The van der Waals surface area contributed by atoms with Crippen LogP contribution in [0.3, 0.4) is 0 Å². The van der Waals surface area contributed by atoms with Crippen molar-refractivity contribution in [3.63, 3.8) is 0 Å². The monoisotopic (exact) mass is 125 g/mol. The summed E-state index contributed by atoms with van der Waals surface area (Å²) in [5.74, 6) is 2.72. The van der Waals surface area contributed by atoms with Crippen LogP contribution < -0.4 is 5.32 Å². The van der Waals surface area contributed by atoms with Gasteiger partial charge in [-0.05, 0) is 6.42 Å². The molecule has 1 aliphatic heterocycles. The Labute approximate surface area is 58.3 Å². The van der Waals surface area contributed by atoms with Crippen molar-refractivity contribution in [1.29, 1.82) is 0 Å². The maximum absolute atomic E-state index is 5.22. The van der Waals surface area contributed by atoms with E-state index in [1.807, 2.05) is 0 Å². The Morgan fingerprint density at radius 1 is 1.78 bits per heavy atom. The predicted molar refractivity (Wildman–Crippen MR) is 41.2 cm³/mol. The van der Waals surface area contributed by atoms with Gasteiger partial charge in [-0.2, -0.15) is 0 Å². The lowest BCUT2D eigenvalue weighted by Gasteiger charge is -2.40. The molecule has 1 fully saturated rings. The summed E-state index contributed by atoms with van der Waals surface area (Å²) >= 11 is 0. The zero-order valence-corrected chi connectivity index (χ0v) is 5.91. The van der Waals surface area contributed by atoms with E-state index in [2.05, 4.69) is 18.2 Å². The van der Waals surface area contributed by atoms with Gasteiger partial charge in [-0.3, -0.25) is 0 Å². The first kappa shape index (κ1) is 6.64. The van der Waals surface area contributed by atoms with Crippen LogP contribution in [0.25, 0.3) is 0 Å². The van der Waals surface area contributed by atoms with Gasteiger partial charge in [-0.25, -0.2) is 0 Å². The van der Waals surface area contributed by atoms with Crippen molar-refractivity contribution in [2.24, 2.45) is 5.41 Å². The molecule has 1 N–H and O–H groups in total. The molecule has 0 aromatic carbocycles. The maximum atomic E-state index is 5.22. The molecule has 0 spiro atoms. The van der Waals surface area contributed by atoms with Crippen LogP contribution in [-0.4, -0.2) is 13.1 Å². The van der Waals surface area contributed by atoms with Crippen LogP contribution in [0, 0.1) is 17.8 Å². The average molecular weight is 125 g/mol. The van der Waals surface area contributed by atoms with Gasteiger partial charge >= 0.3 is 0 Å². The molecule has 1 heteroatoms. The minimum atomic E-state index is 0. The second kappa shape index (κ2) is 2.41. The molecule has 1 aliphatic rings. The molecule has 0 radical (unpaired) electrons. The van der Waals surface area contributed by atoms with Gasteiger partial charge in [0.05, 0.1) is 0 Å². The second-order valence-corrected chi connectivity index (χ2v) is 2.84. The third kappa shape index (κ3) is 1.09. The molecular weight excluding hydrogens is 110 g/mol. The summed E-state index contributed by atoms with van der Waals surface area (Å²) in [5.41, 5.74) is 0.467. The van der Waals surface area contributed by atoms with E-state index in [1.54, 1.807) is 0 Å². The van der Waals surface area contributed by atoms with E-state index in [-0.39, 0.29) is 1.43 Å². The van der Waals surface area contributed by atoms with Gasteiger partial charge in [-0.1, -0.05) is 6.92 Å². The third-order valence-corrected chi connectivity index (χ3v) is 2.23. The summed E-state index contributed by atoms with van der Waals surface area (Å²) in [5, 5.41) is 3.24. The first-order chi connectivity index (χ1) is 4.33. The molecule has 0 aromatic rings. The lowest BCUT2D eigenvalue weighted by molar-refractivity contribution is 0.168. The molecule has 52 valence electrons. The minimum Gasteiger partial charge on any atom is -0.315 e. The molecule has 1 rings (SSSR count). The summed E-state index contributed by atoms with van der Waals surface area (Å²) in [4.78, 5) is 0. The van der Waals surface area contributed by atoms with Crippen molar-refractivity contribution < 1.29 is 1.43 Å². The van der Waals surface area contributed by atoms with Crippen LogP contribution in [0.2, 0.25) is 0 Å². The Morgan fingerprint density at radius 2 is 2.44 bits per heavy atom. The van der Waals surface area contributed by atoms with E-state index < -0.39 is 0 Å². The molecule has 0 saturated carbocycles. The Morgan fingerprint density at radius 3 is 2.56 bits per heavy atom. The van der Waals surface area contributed by atoms with Crippen LogP contribution in [-0.2, 0) is 0 Å². The summed E-state index contributed by atoms with van der Waals surface area (Å²) in [6, 6.07) is 0. The van der Waals surface area contributed by atoms with Gasteiger partial charge in [0.2, 0.25) is 0 Å². The summed E-state index contributed by atoms with van der Waals surface area (Å²) in [7, 11) is 0. The van der Waals surface area contributed by atoms with E-state index in [9.17, 15) is 0 Å². The van der Waals surface area contributed by atoms with E-state index in [1.165, 1.54) is 6.42 Å². The van der Waals surface area contributed by atoms with Gasteiger partial charge in [0.15, 0.2) is 0 Å². The number of terminal acetylenes is 1. The van der Waals surface area contributed by atoms with Gasteiger partial charge < -0.3 is 5.32 Å². The quantitative estimate of drug-likeness (QED) is 0.548. The molecule has 0 unspecified atom stereocenters.